The van der Waals surface area contributed by atoms with Gasteiger partial charge in [0.25, 0.3) is 0 Å². The molecule has 0 aromatic heterocycles. The fourth-order valence-electron chi connectivity index (χ4n) is 4.36. The van der Waals surface area contributed by atoms with Gasteiger partial charge in [-0.15, -0.1) is 0 Å². The second kappa shape index (κ2) is 9.25. The molecule has 0 aliphatic carbocycles. The third kappa shape index (κ3) is 5.24. The summed E-state index contributed by atoms with van der Waals surface area (Å²) in [6, 6.07) is 8.40. The van der Waals surface area contributed by atoms with Gasteiger partial charge in [0.05, 0.1) is 6.54 Å². The SMILES string of the molecule is CCNC(=NCc1ccccc1CN1CCCC1=O)N1CC(C)CC(C)C1. The molecule has 2 atom stereocenters. The average molecular weight is 371 g/mol. The predicted octanol–water partition coefficient (Wildman–Crippen LogP) is 3.25. The minimum Gasteiger partial charge on any atom is -0.357 e. The summed E-state index contributed by atoms with van der Waals surface area (Å²) in [5.41, 5.74) is 2.43. The number of amides is 1. The van der Waals surface area contributed by atoms with Crippen LogP contribution in [-0.4, -0.2) is 47.8 Å². The first-order chi connectivity index (χ1) is 13.1. The second-order valence-electron chi connectivity index (χ2n) is 8.21. The van der Waals surface area contributed by atoms with Crippen LogP contribution in [0.1, 0.15) is 51.2 Å². The van der Waals surface area contributed by atoms with Gasteiger partial charge in [0.1, 0.15) is 0 Å². The van der Waals surface area contributed by atoms with Crippen LogP contribution in [0.5, 0.6) is 0 Å². The van der Waals surface area contributed by atoms with Crippen LogP contribution in [0, 0.1) is 11.8 Å². The smallest absolute Gasteiger partial charge is 0.222 e. The summed E-state index contributed by atoms with van der Waals surface area (Å²) in [6.07, 6.45) is 2.97. The number of hydrogen-bond acceptors (Lipinski definition) is 2. The van der Waals surface area contributed by atoms with Crippen LogP contribution < -0.4 is 5.32 Å². The van der Waals surface area contributed by atoms with Crippen molar-refractivity contribution in [2.24, 2.45) is 16.8 Å². The topological polar surface area (TPSA) is 47.9 Å². The maximum absolute atomic E-state index is 12.0. The van der Waals surface area contributed by atoms with E-state index < -0.39 is 0 Å². The number of nitrogens with one attached hydrogen (secondary N) is 1. The standard InChI is InChI=1S/C22H34N4O/c1-4-23-22(26-14-17(2)12-18(3)15-26)24-13-19-8-5-6-9-20(19)16-25-11-7-10-21(25)27/h5-6,8-9,17-18H,4,7,10-16H2,1-3H3,(H,23,24). The maximum Gasteiger partial charge on any atom is 0.222 e. The highest BCUT2D eigenvalue weighted by atomic mass is 16.2. The Hall–Kier alpha value is -2.04. The van der Waals surface area contributed by atoms with E-state index in [2.05, 4.69) is 55.3 Å². The highest BCUT2D eigenvalue weighted by Gasteiger charge is 2.24. The van der Waals surface area contributed by atoms with Crippen LogP contribution >= 0.6 is 0 Å². The number of carbonyl (C=O) groups excluding carboxylic acids is 1. The lowest BCUT2D eigenvalue weighted by Crippen LogP contribution is -2.48. The van der Waals surface area contributed by atoms with Crippen molar-refractivity contribution in [3.05, 3.63) is 35.4 Å². The van der Waals surface area contributed by atoms with Crippen LogP contribution in [0.4, 0.5) is 0 Å². The molecule has 1 amide bonds. The number of benzene rings is 1. The molecule has 3 rings (SSSR count). The van der Waals surface area contributed by atoms with Gasteiger partial charge < -0.3 is 15.1 Å². The molecule has 0 bridgehead atoms. The largest absolute Gasteiger partial charge is 0.357 e. The van der Waals surface area contributed by atoms with E-state index in [1.165, 1.54) is 17.5 Å². The Bertz CT molecular complexity index is 662. The Labute approximate surface area is 163 Å². The van der Waals surface area contributed by atoms with Crippen molar-refractivity contribution in [3.8, 4) is 0 Å². The van der Waals surface area contributed by atoms with E-state index in [4.69, 9.17) is 4.99 Å². The van der Waals surface area contributed by atoms with Gasteiger partial charge in [-0.2, -0.15) is 0 Å². The number of nitrogens with zero attached hydrogens (tertiary/aromatic N) is 3. The Kier molecular flexibility index (Phi) is 6.75. The van der Waals surface area contributed by atoms with Crippen molar-refractivity contribution in [3.63, 3.8) is 0 Å². The van der Waals surface area contributed by atoms with Gasteiger partial charge in [-0.1, -0.05) is 38.1 Å². The van der Waals surface area contributed by atoms with Crippen molar-refractivity contribution >= 4 is 11.9 Å². The van der Waals surface area contributed by atoms with Gasteiger partial charge >= 0.3 is 0 Å². The molecule has 148 valence electrons. The first-order valence-corrected chi connectivity index (χ1v) is 10.4. The highest BCUT2D eigenvalue weighted by molar-refractivity contribution is 5.80. The molecule has 5 heteroatoms. The molecule has 1 N–H and O–H groups in total. The number of carbonyl (C=O) groups is 1. The number of aliphatic imine (C=N–C) groups is 1. The molecule has 0 spiro atoms. The molecular formula is C22H34N4O. The van der Waals surface area contributed by atoms with Gasteiger partial charge in [0.15, 0.2) is 5.96 Å². The van der Waals surface area contributed by atoms with Crippen molar-refractivity contribution in [2.75, 3.05) is 26.2 Å². The van der Waals surface area contributed by atoms with Crippen molar-refractivity contribution < 1.29 is 4.79 Å². The van der Waals surface area contributed by atoms with Gasteiger partial charge in [0.2, 0.25) is 5.91 Å². The average Bonchev–Trinajstić information content (AvgIpc) is 3.03. The van der Waals surface area contributed by atoms with E-state index in [-0.39, 0.29) is 5.91 Å². The fourth-order valence-corrected chi connectivity index (χ4v) is 4.36. The number of guanidine groups is 1. The Morgan fingerprint density at radius 1 is 1.19 bits per heavy atom. The zero-order chi connectivity index (χ0) is 19.2. The third-order valence-corrected chi connectivity index (χ3v) is 5.55. The van der Waals surface area contributed by atoms with Gasteiger partial charge in [0, 0.05) is 39.1 Å². The molecule has 2 fully saturated rings. The molecule has 0 saturated carbocycles. The second-order valence-corrected chi connectivity index (χ2v) is 8.21. The first-order valence-electron chi connectivity index (χ1n) is 10.4. The summed E-state index contributed by atoms with van der Waals surface area (Å²) < 4.78 is 0. The monoisotopic (exact) mass is 370 g/mol. The zero-order valence-corrected chi connectivity index (χ0v) is 17.1. The molecule has 2 saturated heterocycles. The van der Waals surface area contributed by atoms with Crippen LogP contribution in [-0.2, 0) is 17.9 Å². The molecule has 2 heterocycles. The number of likely N-dealkylation sites (tertiary alicyclic amines) is 2. The summed E-state index contributed by atoms with van der Waals surface area (Å²) in [5, 5.41) is 3.47. The van der Waals surface area contributed by atoms with Crippen molar-refractivity contribution in [2.45, 2.75) is 53.1 Å². The van der Waals surface area contributed by atoms with Gasteiger partial charge in [-0.25, -0.2) is 4.99 Å². The van der Waals surface area contributed by atoms with E-state index in [1.807, 2.05) is 4.90 Å². The molecule has 27 heavy (non-hydrogen) atoms. The lowest BCUT2D eigenvalue weighted by atomic mass is 9.92. The summed E-state index contributed by atoms with van der Waals surface area (Å²) in [4.78, 5) is 21.3. The Balaban J connectivity index is 1.73. The number of hydrogen-bond donors (Lipinski definition) is 1. The number of piperidine rings is 1. The third-order valence-electron chi connectivity index (χ3n) is 5.55. The van der Waals surface area contributed by atoms with Crippen LogP contribution in [0.2, 0.25) is 0 Å². The first kappa shape index (κ1) is 19.7. The molecular weight excluding hydrogens is 336 g/mol. The van der Waals surface area contributed by atoms with Crippen molar-refractivity contribution in [1.82, 2.24) is 15.1 Å². The summed E-state index contributed by atoms with van der Waals surface area (Å²) in [7, 11) is 0. The van der Waals surface area contributed by atoms with Crippen LogP contribution in [0.3, 0.4) is 0 Å². The summed E-state index contributed by atoms with van der Waals surface area (Å²) in [6.45, 7) is 12.0. The molecule has 1 aromatic rings. The normalized spacial score (nSPS) is 23.8. The van der Waals surface area contributed by atoms with E-state index >= 15 is 0 Å². The summed E-state index contributed by atoms with van der Waals surface area (Å²) in [5.74, 6) is 2.69. The highest BCUT2D eigenvalue weighted by Crippen LogP contribution is 2.22. The Morgan fingerprint density at radius 3 is 2.52 bits per heavy atom. The van der Waals surface area contributed by atoms with E-state index in [1.54, 1.807) is 0 Å². The minimum absolute atomic E-state index is 0.276. The fraction of sp³-hybridized carbons (Fsp3) is 0.636. The molecule has 0 radical (unpaired) electrons. The van der Waals surface area contributed by atoms with Gasteiger partial charge in [-0.3, -0.25) is 4.79 Å². The van der Waals surface area contributed by atoms with E-state index in [0.29, 0.717) is 31.3 Å². The maximum atomic E-state index is 12.0. The predicted molar refractivity (Wildman–Crippen MR) is 110 cm³/mol. The zero-order valence-electron chi connectivity index (χ0n) is 17.1. The van der Waals surface area contributed by atoms with E-state index in [9.17, 15) is 4.79 Å². The van der Waals surface area contributed by atoms with Crippen LogP contribution in [0.15, 0.2) is 29.3 Å². The Morgan fingerprint density at radius 2 is 1.89 bits per heavy atom. The van der Waals surface area contributed by atoms with Crippen molar-refractivity contribution in [1.29, 1.82) is 0 Å². The lowest BCUT2D eigenvalue weighted by Gasteiger charge is -2.37. The minimum atomic E-state index is 0.276. The molecule has 2 aliphatic heterocycles. The lowest BCUT2D eigenvalue weighted by molar-refractivity contribution is -0.128. The molecule has 1 aromatic carbocycles. The number of rotatable bonds is 5. The van der Waals surface area contributed by atoms with Crippen LogP contribution in [0.25, 0.3) is 0 Å². The summed E-state index contributed by atoms with van der Waals surface area (Å²) >= 11 is 0. The van der Waals surface area contributed by atoms with E-state index in [0.717, 1.165) is 38.6 Å². The van der Waals surface area contributed by atoms with Gasteiger partial charge in [-0.05, 0) is 42.7 Å². The quantitative estimate of drug-likeness (QED) is 0.639. The molecule has 2 unspecified atom stereocenters. The molecule has 5 nitrogen and oxygen atoms in total. The molecule has 2 aliphatic rings.